The number of oxazole rings is 1. The molecule has 0 fully saturated rings. The monoisotopic (exact) mass is 567 g/mol. The predicted molar refractivity (Wildman–Crippen MR) is 152 cm³/mol. The number of benzene rings is 3. The molecule has 0 atom stereocenters. The van der Waals surface area contributed by atoms with Gasteiger partial charge in [-0.05, 0) is 79.0 Å². The molecule has 6 nitrogen and oxygen atoms in total. The first kappa shape index (κ1) is 25.0. The van der Waals surface area contributed by atoms with Crippen molar-refractivity contribution in [3.63, 3.8) is 0 Å². The van der Waals surface area contributed by atoms with Crippen molar-refractivity contribution in [2.75, 3.05) is 5.32 Å². The average molecular weight is 569 g/mol. The first-order valence-corrected chi connectivity index (χ1v) is 12.4. The summed E-state index contributed by atoms with van der Waals surface area (Å²) in [5, 5.41) is 7.12. The number of nitrogens with one attached hydrogen (secondary N) is 2. The number of aromatic nitrogens is 1. The third-order valence-electron chi connectivity index (χ3n) is 5.20. The molecule has 3 aromatic carbocycles. The van der Waals surface area contributed by atoms with Gasteiger partial charge in [0.15, 0.2) is 10.7 Å². The summed E-state index contributed by atoms with van der Waals surface area (Å²) in [5.41, 5.74) is 3.34. The molecule has 1 amide bonds. The highest BCUT2D eigenvalue weighted by Crippen LogP contribution is 2.34. The fourth-order valence-corrected chi connectivity index (χ4v) is 4.29. The lowest BCUT2D eigenvalue weighted by Crippen LogP contribution is -2.32. The molecule has 0 aliphatic heterocycles. The largest absolute Gasteiger partial charge is 0.457 e. The van der Waals surface area contributed by atoms with Crippen molar-refractivity contribution in [3.05, 3.63) is 99.7 Å². The van der Waals surface area contributed by atoms with Gasteiger partial charge in [-0.15, -0.1) is 0 Å². The summed E-state index contributed by atoms with van der Waals surface area (Å²) < 4.78 is 11.6. The molecule has 0 aliphatic rings. The maximum atomic E-state index is 12.4. The Hall–Kier alpha value is -3.62. The molecule has 2 heterocycles. The van der Waals surface area contributed by atoms with Crippen molar-refractivity contribution >= 4 is 80.9 Å². The zero-order chi connectivity index (χ0) is 25.9. The van der Waals surface area contributed by atoms with Gasteiger partial charge in [0, 0.05) is 27.9 Å². The van der Waals surface area contributed by atoms with Crippen molar-refractivity contribution in [2.24, 2.45) is 0 Å². The molecule has 0 saturated carbocycles. The van der Waals surface area contributed by atoms with E-state index in [2.05, 4.69) is 15.6 Å². The Morgan fingerprint density at radius 2 is 1.78 bits per heavy atom. The number of carbonyl (C=O) groups is 1. The number of nitrogens with zero attached hydrogens (tertiary/aromatic N) is 1. The molecular weight excluding hydrogens is 553 g/mol. The van der Waals surface area contributed by atoms with Gasteiger partial charge in [0.1, 0.15) is 17.0 Å². The van der Waals surface area contributed by atoms with E-state index in [1.807, 2.05) is 24.3 Å². The van der Waals surface area contributed by atoms with Gasteiger partial charge >= 0.3 is 0 Å². The van der Waals surface area contributed by atoms with Crippen LogP contribution in [-0.2, 0) is 4.79 Å². The number of furan rings is 1. The van der Waals surface area contributed by atoms with Crippen LogP contribution in [0, 0.1) is 0 Å². The predicted octanol–water partition coefficient (Wildman–Crippen LogP) is 8.24. The molecule has 0 radical (unpaired) electrons. The summed E-state index contributed by atoms with van der Waals surface area (Å²) in [4.78, 5) is 16.8. The van der Waals surface area contributed by atoms with Gasteiger partial charge in [0.05, 0.1) is 10.0 Å². The van der Waals surface area contributed by atoms with Crippen molar-refractivity contribution in [3.8, 4) is 22.8 Å². The summed E-state index contributed by atoms with van der Waals surface area (Å²) in [6, 6.07) is 21.3. The summed E-state index contributed by atoms with van der Waals surface area (Å²) >= 11 is 23.6. The lowest BCUT2D eigenvalue weighted by atomic mass is 10.2. The molecule has 0 bridgehead atoms. The van der Waals surface area contributed by atoms with Crippen LogP contribution in [0.3, 0.4) is 0 Å². The lowest BCUT2D eigenvalue weighted by molar-refractivity contribution is -0.115. The Morgan fingerprint density at radius 1 is 0.946 bits per heavy atom. The topological polar surface area (TPSA) is 80.3 Å². The number of anilines is 1. The number of thiocarbonyl (C=S) groups is 1. The van der Waals surface area contributed by atoms with E-state index in [1.54, 1.807) is 48.5 Å². The molecular formula is C27H16Cl3N3O3S. The van der Waals surface area contributed by atoms with Gasteiger partial charge in [-0.2, -0.15) is 0 Å². The van der Waals surface area contributed by atoms with Crippen LogP contribution in [0.25, 0.3) is 40.0 Å². The molecule has 5 aromatic rings. The van der Waals surface area contributed by atoms with Crippen LogP contribution in [0.4, 0.5) is 5.69 Å². The molecule has 184 valence electrons. The van der Waals surface area contributed by atoms with Crippen LogP contribution in [-0.4, -0.2) is 16.0 Å². The fraction of sp³-hybridized carbons (Fsp3) is 0. The second kappa shape index (κ2) is 10.8. The Morgan fingerprint density at radius 3 is 2.65 bits per heavy atom. The SMILES string of the molecule is O=C(C=Cc1ccc(-c2cccc(Cl)c2Cl)o1)NC(=S)Nc1cccc(-c2nc3cc(Cl)ccc3o2)c1. The van der Waals surface area contributed by atoms with Crippen LogP contribution in [0.5, 0.6) is 0 Å². The summed E-state index contributed by atoms with van der Waals surface area (Å²) in [7, 11) is 0. The highest BCUT2D eigenvalue weighted by molar-refractivity contribution is 7.80. The fourth-order valence-electron chi connectivity index (χ4n) is 3.51. The smallest absolute Gasteiger partial charge is 0.250 e. The van der Waals surface area contributed by atoms with Crippen molar-refractivity contribution in [2.45, 2.75) is 0 Å². The van der Waals surface area contributed by atoms with Crippen LogP contribution in [0.1, 0.15) is 5.76 Å². The first-order valence-electron chi connectivity index (χ1n) is 10.9. The zero-order valence-electron chi connectivity index (χ0n) is 18.8. The number of fused-ring (bicyclic) bond motifs is 1. The van der Waals surface area contributed by atoms with E-state index in [0.717, 1.165) is 5.56 Å². The zero-order valence-corrected chi connectivity index (χ0v) is 21.9. The first-order chi connectivity index (χ1) is 17.9. The summed E-state index contributed by atoms with van der Waals surface area (Å²) in [5.74, 6) is 1.01. The Balaban J connectivity index is 1.21. The van der Waals surface area contributed by atoms with Crippen LogP contribution in [0.15, 0.2) is 87.7 Å². The van der Waals surface area contributed by atoms with Gasteiger partial charge in [0.2, 0.25) is 11.8 Å². The van der Waals surface area contributed by atoms with Crippen LogP contribution < -0.4 is 10.6 Å². The molecule has 5 rings (SSSR count). The third kappa shape index (κ3) is 5.87. The van der Waals surface area contributed by atoms with Gasteiger partial charge in [0.25, 0.3) is 0 Å². The minimum absolute atomic E-state index is 0.127. The van der Waals surface area contributed by atoms with Crippen LogP contribution in [0.2, 0.25) is 15.1 Å². The molecule has 10 heteroatoms. The lowest BCUT2D eigenvalue weighted by Gasteiger charge is -2.08. The molecule has 0 spiro atoms. The van der Waals surface area contributed by atoms with Gasteiger partial charge in [-0.3, -0.25) is 10.1 Å². The minimum atomic E-state index is -0.428. The van der Waals surface area contributed by atoms with E-state index < -0.39 is 5.91 Å². The van der Waals surface area contributed by atoms with E-state index >= 15 is 0 Å². The number of halogens is 3. The maximum absolute atomic E-state index is 12.4. The normalized spacial score (nSPS) is 11.2. The summed E-state index contributed by atoms with van der Waals surface area (Å²) in [6.45, 7) is 0. The number of carbonyl (C=O) groups excluding carboxylic acids is 1. The van der Waals surface area contributed by atoms with E-state index in [0.29, 0.717) is 54.8 Å². The average Bonchev–Trinajstić information content (AvgIpc) is 3.51. The second-order valence-electron chi connectivity index (χ2n) is 7.79. The van der Waals surface area contributed by atoms with Gasteiger partial charge < -0.3 is 14.2 Å². The van der Waals surface area contributed by atoms with Crippen molar-refractivity contribution in [1.82, 2.24) is 10.3 Å². The number of rotatable bonds is 5. The third-order valence-corrected chi connectivity index (χ3v) is 6.45. The second-order valence-corrected chi connectivity index (χ2v) is 9.42. The van der Waals surface area contributed by atoms with Gasteiger partial charge in [-0.1, -0.05) is 46.9 Å². The number of hydrogen-bond donors (Lipinski definition) is 2. The van der Waals surface area contributed by atoms with Crippen molar-refractivity contribution in [1.29, 1.82) is 0 Å². The molecule has 0 aliphatic carbocycles. The van der Waals surface area contributed by atoms with Crippen LogP contribution >= 0.6 is 47.0 Å². The molecule has 2 N–H and O–H groups in total. The Labute approximate surface area is 231 Å². The maximum Gasteiger partial charge on any atom is 0.250 e. The number of amides is 1. The van der Waals surface area contributed by atoms with E-state index in [1.165, 1.54) is 12.2 Å². The van der Waals surface area contributed by atoms with E-state index in [-0.39, 0.29) is 5.11 Å². The van der Waals surface area contributed by atoms with E-state index in [4.69, 9.17) is 55.9 Å². The molecule has 2 aromatic heterocycles. The molecule has 0 unspecified atom stereocenters. The molecule has 37 heavy (non-hydrogen) atoms. The van der Waals surface area contributed by atoms with Gasteiger partial charge in [-0.25, -0.2) is 4.98 Å². The van der Waals surface area contributed by atoms with Crippen molar-refractivity contribution < 1.29 is 13.6 Å². The Bertz CT molecular complexity index is 1680. The molecule has 0 saturated heterocycles. The highest BCUT2D eigenvalue weighted by atomic mass is 35.5. The number of hydrogen-bond acceptors (Lipinski definition) is 5. The highest BCUT2D eigenvalue weighted by Gasteiger charge is 2.12. The summed E-state index contributed by atoms with van der Waals surface area (Å²) in [6.07, 6.45) is 2.84. The van der Waals surface area contributed by atoms with E-state index in [9.17, 15) is 4.79 Å². The Kier molecular flexibility index (Phi) is 7.30. The quantitative estimate of drug-likeness (QED) is 0.164. The minimum Gasteiger partial charge on any atom is -0.457 e. The standard InChI is InChI=1S/C27H16Cl3N3O3S/c28-16-7-10-23-21(14-16)32-26(36-23)15-3-1-4-17(13-15)31-27(37)33-24(34)12-9-18-8-11-22(35-18)19-5-2-6-20(29)25(19)30/h1-14H,(H2,31,33,34,37).